The van der Waals surface area contributed by atoms with Gasteiger partial charge in [-0.15, -0.1) is 0 Å². The van der Waals surface area contributed by atoms with Crippen molar-refractivity contribution < 1.29 is 0 Å². The van der Waals surface area contributed by atoms with Crippen LogP contribution in [0.2, 0.25) is 0 Å². The average Bonchev–Trinajstić information content (AvgIpc) is 2.74. The molecule has 0 aromatic heterocycles. The maximum Gasteiger partial charge on any atom is 0.0991 e. The van der Waals surface area contributed by atoms with E-state index in [1.807, 2.05) is 24.3 Å². The zero-order valence-electron chi connectivity index (χ0n) is 14.8. The van der Waals surface area contributed by atoms with Crippen LogP contribution in [-0.4, -0.2) is 0 Å². The topological polar surface area (TPSA) is 23.8 Å². The molecule has 1 nitrogen and oxygen atoms in total. The number of fused-ring (bicyclic) bond motifs is 5. The average molecular weight is 335 g/mol. The molecule has 0 fully saturated rings. The molecule has 4 aromatic carbocycles. The van der Waals surface area contributed by atoms with Crippen molar-refractivity contribution in [2.45, 2.75) is 25.7 Å². The van der Waals surface area contributed by atoms with E-state index in [1.165, 1.54) is 47.2 Å². The quantitative estimate of drug-likeness (QED) is 0.340. The van der Waals surface area contributed by atoms with Gasteiger partial charge < -0.3 is 0 Å². The Bertz CT molecular complexity index is 1090. The van der Waals surface area contributed by atoms with Crippen LogP contribution >= 0.6 is 0 Å². The van der Waals surface area contributed by atoms with Crippen molar-refractivity contribution in [2.75, 3.05) is 0 Å². The smallest absolute Gasteiger partial charge is 0.0991 e. The molecule has 26 heavy (non-hydrogen) atoms. The summed E-state index contributed by atoms with van der Waals surface area (Å²) < 4.78 is 0. The molecule has 0 spiro atoms. The summed E-state index contributed by atoms with van der Waals surface area (Å²) in [6, 6.07) is 29.1. The zero-order chi connectivity index (χ0) is 17.8. The number of nitriles is 1. The Kier molecular flexibility index (Phi) is 4.67. The minimum absolute atomic E-state index is 0.715. The van der Waals surface area contributed by atoms with Crippen LogP contribution in [0.25, 0.3) is 21.5 Å². The third-order valence-electron chi connectivity index (χ3n) is 5.16. The number of aryl methyl sites for hydroxylation is 2. The fourth-order valence-electron chi connectivity index (χ4n) is 3.86. The van der Waals surface area contributed by atoms with Gasteiger partial charge in [-0.25, -0.2) is 0 Å². The number of hydrogen-bond acceptors (Lipinski definition) is 1. The van der Waals surface area contributed by atoms with E-state index in [9.17, 15) is 0 Å². The van der Waals surface area contributed by atoms with Crippen molar-refractivity contribution in [3.8, 4) is 6.07 Å². The molecule has 0 saturated carbocycles. The largest absolute Gasteiger partial charge is 0.192 e. The Balaban J connectivity index is 0.000000178. The second-order valence-corrected chi connectivity index (χ2v) is 6.77. The highest BCUT2D eigenvalue weighted by Gasteiger charge is 2.13. The monoisotopic (exact) mass is 335 g/mol. The minimum atomic E-state index is 0.715. The lowest BCUT2D eigenvalue weighted by Gasteiger charge is -2.18. The number of benzene rings is 4. The van der Waals surface area contributed by atoms with E-state index in [4.69, 9.17) is 5.26 Å². The molecule has 0 N–H and O–H groups in total. The fourth-order valence-corrected chi connectivity index (χ4v) is 3.86. The predicted molar refractivity (Wildman–Crippen MR) is 109 cm³/mol. The molecule has 1 aliphatic carbocycles. The molecule has 4 aromatic rings. The first-order chi connectivity index (χ1) is 12.9. The van der Waals surface area contributed by atoms with Gasteiger partial charge in [0.15, 0.2) is 0 Å². The molecular formula is C25H21N. The van der Waals surface area contributed by atoms with Crippen LogP contribution in [0.3, 0.4) is 0 Å². The molecule has 1 heteroatoms. The van der Waals surface area contributed by atoms with Crippen molar-refractivity contribution in [1.82, 2.24) is 0 Å². The molecule has 5 rings (SSSR count). The van der Waals surface area contributed by atoms with Gasteiger partial charge >= 0.3 is 0 Å². The SMILES string of the molecule is N#Cc1ccccc1.c1ccc2c(c1)ccc1c3c(ccc12)CCCC3. The standard InChI is InChI=1S/C18H16.C7H5N/c1-3-7-15-13(5-1)9-11-18-16-8-4-2-6-14(16)10-12-17(15)18;8-6-7-4-2-1-3-5-7/h1,3,5,7,9-12H,2,4,6,8H2;1-5H. The van der Waals surface area contributed by atoms with Gasteiger partial charge in [0.25, 0.3) is 0 Å². The summed E-state index contributed by atoms with van der Waals surface area (Å²) in [5.74, 6) is 0. The number of nitrogens with zero attached hydrogens (tertiary/aromatic N) is 1. The third-order valence-corrected chi connectivity index (χ3v) is 5.16. The Morgan fingerprint density at radius 2 is 1.35 bits per heavy atom. The Morgan fingerprint density at radius 3 is 2.15 bits per heavy atom. The normalized spacial score (nSPS) is 12.7. The summed E-state index contributed by atoms with van der Waals surface area (Å²) in [5, 5.41) is 13.9. The highest BCUT2D eigenvalue weighted by Crippen LogP contribution is 2.33. The van der Waals surface area contributed by atoms with E-state index >= 15 is 0 Å². The van der Waals surface area contributed by atoms with Gasteiger partial charge in [0.2, 0.25) is 0 Å². The molecule has 0 unspecified atom stereocenters. The van der Waals surface area contributed by atoms with Crippen LogP contribution in [-0.2, 0) is 12.8 Å². The summed E-state index contributed by atoms with van der Waals surface area (Å²) in [6.45, 7) is 0. The molecule has 126 valence electrons. The van der Waals surface area contributed by atoms with E-state index in [-0.39, 0.29) is 0 Å². The second kappa shape index (κ2) is 7.42. The van der Waals surface area contributed by atoms with E-state index in [1.54, 1.807) is 23.3 Å². The first-order valence-corrected chi connectivity index (χ1v) is 9.24. The van der Waals surface area contributed by atoms with Crippen LogP contribution < -0.4 is 0 Å². The summed E-state index contributed by atoms with van der Waals surface area (Å²) in [4.78, 5) is 0. The lowest BCUT2D eigenvalue weighted by Crippen LogP contribution is -2.02. The van der Waals surface area contributed by atoms with Crippen molar-refractivity contribution in [2.24, 2.45) is 0 Å². The molecule has 0 atom stereocenters. The summed E-state index contributed by atoms with van der Waals surface area (Å²) in [5.41, 5.74) is 3.89. The summed E-state index contributed by atoms with van der Waals surface area (Å²) in [6.07, 6.45) is 5.22. The molecule has 0 aliphatic heterocycles. The van der Waals surface area contributed by atoms with Gasteiger partial charge in [-0.3, -0.25) is 0 Å². The van der Waals surface area contributed by atoms with E-state index < -0.39 is 0 Å². The lowest BCUT2D eigenvalue weighted by atomic mass is 9.86. The number of rotatable bonds is 0. The van der Waals surface area contributed by atoms with Gasteiger partial charge in [0.1, 0.15) is 0 Å². The van der Waals surface area contributed by atoms with Gasteiger partial charge in [-0.05, 0) is 70.5 Å². The maximum atomic E-state index is 8.29. The molecular weight excluding hydrogens is 314 g/mol. The van der Waals surface area contributed by atoms with E-state index in [0.717, 1.165) is 0 Å². The van der Waals surface area contributed by atoms with Crippen LogP contribution in [0.5, 0.6) is 0 Å². The molecule has 1 aliphatic rings. The van der Waals surface area contributed by atoms with Crippen molar-refractivity contribution in [1.29, 1.82) is 5.26 Å². The van der Waals surface area contributed by atoms with Crippen molar-refractivity contribution >= 4 is 21.5 Å². The highest BCUT2D eigenvalue weighted by atomic mass is 14.2. The molecule has 0 radical (unpaired) electrons. The maximum absolute atomic E-state index is 8.29. The van der Waals surface area contributed by atoms with Gasteiger partial charge in [0.05, 0.1) is 11.6 Å². The Morgan fingerprint density at radius 1 is 0.615 bits per heavy atom. The molecule has 0 saturated heterocycles. The van der Waals surface area contributed by atoms with Crippen LogP contribution in [0.15, 0.2) is 78.9 Å². The van der Waals surface area contributed by atoms with Crippen molar-refractivity contribution in [3.63, 3.8) is 0 Å². The Labute approximate surface area is 154 Å². The van der Waals surface area contributed by atoms with Crippen LogP contribution in [0.1, 0.15) is 29.5 Å². The van der Waals surface area contributed by atoms with Gasteiger partial charge in [0, 0.05) is 0 Å². The van der Waals surface area contributed by atoms with Gasteiger partial charge in [-0.1, -0.05) is 66.7 Å². The molecule has 0 heterocycles. The van der Waals surface area contributed by atoms with E-state index in [0.29, 0.717) is 5.56 Å². The molecule has 0 bridgehead atoms. The van der Waals surface area contributed by atoms with E-state index in [2.05, 4.69) is 48.5 Å². The van der Waals surface area contributed by atoms with Gasteiger partial charge in [-0.2, -0.15) is 5.26 Å². The number of hydrogen-bond donors (Lipinski definition) is 0. The predicted octanol–water partition coefficient (Wildman–Crippen LogP) is 6.43. The fraction of sp³-hybridized carbons (Fsp3) is 0.160. The van der Waals surface area contributed by atoms with Crippen molar-refractivity contribution in [3.05, 3.63) is 95.6 Å². The van der Waals surface area contributed by atoms with Crippen LogP contribution in [0.4, 0.5) is 0 Å². The minimum Gasteiger partial charge on any atom is -0.192 e. The van der Waals surface area contributed by atoms with Crippen LogP contribution in [0, 0.1) is 11.3 Å². The summed E-state index contributed by atoms with van der Waals surface area (Å²) in [7, 11) is 0. The second-order valence-electron chi connectivity index (χ2n) is 6.77. The third kappa shape index (κ3) is 3.19. The first-order valence-electron chi connectivity index (χ1n) is 9.24. The summed E-state index contributed by atoms with van der Waals surface area (Å²) >= 11 is 0. The molecule has 0 amide bonds. The highest BCUT2D eigenvalue weighted by molar-refractivity contribution is 6.08. The first kappa shape index (κ1) is 16.4. The zero-order valence-corrected chi connectivity index (χ0v) is 14.8. The lowest BCUT2D eigenvalue weighted by molar-refractivity contribution is 0.690. The Hall–Kier alpha value is -3.11.